The fraction of sp³-hybridized carbons (Fsp3) is 0.222. The minimum Gasteiger partial charge on any atom is -0.390 e. The van der Waals surface area contributed by atoms with Crippen molar-refractivity contribution in [1.29, 1.82) is 0 Å². The van der Waals surface area contributed by atoms with Crippen LogP contribution in [0.1, 0.15) is 22.1 Å². The number of rotatable bonds is 2. The molecule has 19 heavy (non-hydrogen) atoms. The number of hydrogen-bond acceptors (Lipinski definition) is 1. The first kappa shape index (κ1) is 9.99. The molecule has 1 nitrogen and oxygen atoms in total. The fourth-order valence-corrected chi connectivity index (χ4v) is 2.63. The minimum absolute atomic E-state index is 0.155. The van der Waals surface area contributed by atoms with Gasteiger partial charge in [0, 0.05) is 9.16 Å². The fourth-order valence-electron chi connectivity index (χ4n) is 2.63. The molecule has 1 N–H and O–H groups in total. The topological polar surface area (TPSA) is 20.2 Å². The Bertz CT molecular complexity index is 778. The Hall–Kier alpha value is -1.86. The molecule has 0 radical (unpaired) electrons. The monoisotopic (exact) mass is 252 g/mol. The zero-order valence-electron chi connectivity index (χ0n) is 12.8. The number of aliphatic hydroxyl groups is 1. The van der Waals surface area contributed by atoms with Gasteiger partial charge < -0.3 is 5.11 Å². The van der Waals surface area contributed by atoms with E-state index in [-0.39, 0.29) is 13.8 Å². The summed E-state index contributed by atoms with van der Waals surface area (Å²) < 4.78 is 15.0. The van der Waals surface area contributed by atoms with Gasteiger partial charge in [-0.1, -0.05) is 54.6 Å². The molecule has 96 valence electrons. The largest absolute Gasteiger partial charge is 0.390 e. The lowest BCUT2D eigenvalue weighted by Crippen LogP contribution is -2.21. The van der Waals surface area contributed by atoms with Crippen LogP contribution in [-0.2, 0) is 6.42 Å². The standard InChI is InChI=1S/C18H18O/c1-18(2,19)12-14-11-13-7-3-4-8-15(13)17-10-6-5-9-16(14)17/h3-11,19H,12H2,1-2H3/i1D,2D. The molecule has 0 aliphatic rings. The maximum Gasteiger partial charge on any atom is 0.0632 e. The predicted molar refractivity (Wildman–Crippen MR) is 81.5 cm³/mol. The van der Waals surface area contributed by atoms with Gasteiger partial charge >= 0.3 is 0 Å². The Kier molecular flexibility index (Phi) is 2.29. The van der Waals surface area contributed by atoms with Gasteiger partial charge in [0.2, 0.25) is 0 Å². The van der Waals surface area contributed by atoms with Crippen molar-refractivity contribution in [2.45, 2.75) is 25.8 Å². The Balaban J connectivity index is 2.25. The molecule has 0 saturated carbocycles. The Labute approximate surface area is 116 Å². The number of hydrogen-bond donors (Lipinski definition) is 1. The average Bonchev–Trinajstić information content (AvgIpc) is 2.55. The maximum absolute atomic E-state index is 10.3. The second kappa shape index (κ2) is 4.36. The third-order valence-corrected chi connectivity index (χ3v) is 3.37. The molecule has 0 unspecified atom stereocenters. The molecule has 0 atom stereocenters. The van der Waals surface area contributed by atoms with E-state index < -0.39 is 5.60 Å². The van der Waals surface area contributed by atoms with E-state index in [0.717, 1.165) is 21.7 Å². The van der Waals surface area contributed by atoms with E-state index in [1.54, 1.807) is 0 Å². The van der Waals surface area contributed by atoms with E-state index in [2.05, 4.69) is 24.3 Å². The molecular formula is C18H18O. The van der Waals surface area contributed by atoms with E-state index in [4.69, 9.17) is 2.74 Å². The van der Waals surface area contributed by atoms with Crippen LogP contribution in [0.15, 0.2) is 54.6 Å². The lowest BCUT2D eigenvalue weighted by molar-refractivity contribution is 0.0814. The summed E-state index contributed by atoms with van der Waals surface area (Å²) in [6.07, 6.45) is 0.339. The van der Waals surface area contributed by atoms with Crippen LogP contribution in [0.2, 0.25) is 0 Å². The first-order valence-electron chi connectivity index (χ1n) is 7.78. The molecule has 0 aliphatic carbocycles. The van der Waals surface area contributed by atoms with Crippen molar-refractivity contribution >= 4 is 21.5 Å². The number of fused-ring (bicyclic) bond motifs is 3. The summed E-state index contributed by atoms with van der Waals surface area (Å²) in [6, 6.07) is 18.4. The molecule has 0 heterocycles. The van der Waals surface area contributed by atoms with Gasteiger partial charge in [0.25, 0.3) is 0 Å². The highest BCUT2D eigenvalue weighted by atomic mass is 16.3. The smallest absolute Gasteiger partial charge is 0.0632 e. The molecule has 0 fully saturated rings. The normalized spacial score (nSPS) is 13.5. The summed E-state index contributed by atoms with van der Waals surface area (Å²) in [5.41, 5.74) is -0.267. The summed E-state index contributed by atoms with van der Waals surface area (Å²) in [6.45, 7) is -0.310. The average molecular weight is 252 g/mol. The summed E-state index contributed by atoms with van der Waals surface area (Å²) in [5, 5.41) is 14.9. The highest BCUT2D eigenvalue weighted by molar-refractivity contribution is 6.08. The molecule has 0 saturated heterocycles. The number of benzene rings is 3. The zero-order valence-corrected chi connectivity index (χ0v) is 10.8. The summed E-state index contributed by atoms with van der Waals surface area (Å²) in [4.78, 5) is 0. The zero-order chi connectivity index (χ0) is 14.9. The van der Waals surface area contributed by atoms with E-state index >= 15 is 0 Å². The van der Waals surface area contributed by atoms with Crippen LogP contribution in [0.25, 0.3) is 21.5 Å². The van der Waals surface area contributed by atoms with Gasteiger partial charge in [-0.05, 0) is 40.9 Å². The third kappa shape index (κ3) is 2.34. The van der Waals surface area contributed by atoms with E-state index in [0.29, 0.717) is 6.42 Å². The van der Waals surface area contributed by atoms with Crippen LogP contribution in [-0.4, -0.2) is 10.7 Å². The van der Waals surface area contributed by atoms with Crippen LogP contribution in [0.5, 0.6) is 0 Å². The van der Waals surface area contributed by atoms with Gasteiger partial charge in [0.05, 0.1) is 5.60 Å². The van der Waals surface area contributed by atoms with Crippen molar-refractivity contribution in [1.82, 2.24) is 0 Å². The molecule has 0 amide bonds. The summed E-state index contributed by atoms with van der Waals surface area (Å²) in [5.74, 6) is 0. The molecule has 0 bridgehead atoms. The Morgan fingerprint density at radius 2 is 1.58 bits per heavy atom. The first-order valence-corrected chi connectivity index (χ1v) is 6.37. The van der Waals surface area contributed by atoms with E-state index in [1.165, 1.54) is 5.39 Å². The minimum atomic E-state index is -1.27. The van der Waals surface area contributed by atoms with Crippen molar-refractivity contribution in [3.8, 4) is 0 Å². The van der Waals surface area contributed by atoms with E-state index in [9.17, 15) is 5.11 Å². The van der Waals surface area contributed by atoms with Crippen LogP contribution in [0, 0.1) is 0 Å². The van der Waals surface area contributed by atoms with Crippen molar-refractivity contribution in [2.75, 3.05) is 0 Å². The first-order chi connectivity index (χ1) is 10.2. The third-order valence-electron chi connectivity index (χ3n) is 3.37. The summed E-state index contributed by atoms with van der Waals surface area (Å²) in [7, 11) is 0. The molecule has 0 spiro atoms. The van der Waals surface area contributed by atoms with Gasteiger partial charge in [-0.15, -0.1) is 0 Å². The molecule has 3 rings (SSSR count). The van der Waals surface area contributed by atoms with E-state index in [1.807, 2.05) is 30.3 Å². The van der Waals surface area contributed by atoms with Crippen LogP contribution in [0.3, 0.4) is 0 Å². The SMILES string of the molecule is [2H]CC(O)(C[2H])Cc1cc2ccccc2c2ccccc12. The highest BCUT2D eigenvalue weighted by Gasteiger charge is 2.16. The van der Waals surface area contributed by atoms with Crippen LogP contribution in [0.4, 0.5) is 0 Å². The van der Waals surface area contributed by atoms with Crippen molar-refractivity contribution in [3.05, 3.63) is 60.2 Å². The molecule has 0 aliphatic heterocycles. The van der Waals surface area contributed by atoms with Crippen LogP contribution >= 0.6 is 0 Å². The van der Waals surface area contributed by atoms with Crippen LogP contribution < -0.4 is 0 Å². The highest BCUT2D eigenvalue weighted by Crippen LogP contribution is 2.30. The van der Waals surface area contributed by atoms with Gasteiger partial charge in [-0.3, -0.25) is 0 Å². The molecule has 0 aromatic heterocycles. The van der Waals surface area contributed by atoms with Gasteiger partial charge in [0.1, 0.15) is 0 Å². The maximum atomic E-state index is 10.3. The molecular weight excluding hydrogens is 232 g/mol. The molecule has 3 aromatic rings. The van der Waals surface area contributed by atoms with Gasteiger partial charge in [0.15, 0.2) is 0 Å². The lowest BCUT2D eigenvalue weighted by atomic mass is 9.91. The van der Waals surface area contributed by atoms with Crippen molar-refractivity contribution in [2.24, 2.45) is 0 Å². The predicted octanol–water partition coefficient (Wildman–Crippen LogP) is 4.31. The lowest BCUT2D eigenvalue weighted by Gasteiger charge is -2.19. The van der Waals surface area contributed by atoms with Crippen molar-refractivity contribution < 1.29 is 7.85 Å². The van der Waals surface area contributed by atoms with Crippen molar-refractivity contribution in [3.63, 3.8) is 0 Å². The molecule has 1 heteroatoms. The molecule has 3 aromatic carbocycles. The van der Waals surface area contributed by atoms with Gasteiger partial charge in [-0.25, -0.2) is 0 Å². The Morgan fingerprint density at radius 1 is 0.947 bits per heavy atom. The quantitative estimate of drug-likeness (QED) is 0.674. The second-order valence-electron chi connectivity index (χ2n) is 5.20. The second-order valence-corrected chi connectivity index (χ2v) is 5.20. The summed E-state index contributed by atoms with van der Waals surface area (Å²) >= 11 is 0. The van der Waals surface area contributed by atoms with Gasteiger partial charge in [-0.2, -0.15) is 0 Å². The Morgan fingerprint density at radius 3 is 2.32 bits per heavy atom.